The number of rotatable bonds is 7. The third kappa shape index (κ3) is 4.64. The molecule has 2 aromatic carbocycles. The first-order valence-electron chi connectivity index (χ1n) is 9.30. The van der Waals surface area contributed by atoms with E-state index in [-0.39, 0.29) is 18.7 Å². The summed E-state index contributed by atoms with van der Waals surface area (Å²) >= 11 is 1.63. The molecule has 0 saturated carbocycles. The summed E-state index contributed by atoms with van der Waals surface area (Å²) in [4.78, 5) is 17.7. The third-order valence-electron chi connectivity index (χ3n) is 4.49. The Morgan fingerprint density at radius 1 is 1.14 bits per heavy atom. The fraction of sp³-hybridized carbons (Fsp3) is 0.273. The maximum atomic E-state index is 12.6. The molecule has 0 unspecified atom stereocenters. The van der Waals surface area contributed by atoms with Crippen molar-refractivity contribution in [2.24, 2.45) is 0 Å². The lowest BCUT2D eigenvalue weighted by atomic mass is 10.2. The highest BCUT2D eigenvalue weighted by molar-refractivity contribution is 7.99. The quantitative estimate of drug-likeness (QED) is 0.416. The van der Waals surface area contributed by atoms with Crippen molar-refractivity contribution in [2.45, 2.75) is 30.4 Å². The zero-order valence-corrected chi connectivity index (χ0v) is 16.2. The van der Waals surface area contributed by atoms with E-state index in [1.54, 1.807) is 24.0 Å². The van der Waals surface area contributed by atoms with Crippen molar-refractivity contribution >= 4 is 17.7 Å². The number of ether oxygens (including phenoxy) is 2. The molecule has 0 N–H and O–H groups in total. The van der Waals surface area contributed by atoms with E-state index in [0.717, 1.165) is 35.7 Å². The van der Waals surface area contributed by atoms with Crippen LogP contribution in [0.1, 0.15) is 29.1 Å². The van der Waals surface area contributed by atoms with Crippen molar-refractivity contribution in [2.75, 3.05) is 12.4 Å². The first-order chi connectivity index (χ1) is 13.8. The van der Waals surface area contributed by atoms with Crippen LogP contribution in [-0.4, -0.2) is 29.4 Å². The van der Waals surface area contributed by atoms with Crippen LogP contribution in [0.15, 0.2) is 70.1 Å². The summed E-state index contributed by atoms with van der Waals surface area (Å²) in [6.45, 7) is 0.826. The molecule has 3 aromatic rings. The fourth-order valence-corrected chi connectivity index (χ4v) is 4.15. The maximum Gasteiger partial charge on any atom is 0.339 e. The molecule has 0 radical (unpaired) electrons. The Bertz CT molecular complexity index is 919. The Balaban J connectivity index is 1.37. The fourth-order valence-electron chi connectivity index (χ4n) is 3.04. The summed E-state index contributed by atoms with van der Waals surface area (Å²) in [5, 5.41) is 0. The molecule has 1 saturated heterocycles. The number of thioether (sulfide) groups is 1. The van der Waals surface area contributed by atoms with Gasteiger partial charge >= 0.3 is 5.97 Å². The van der Waals surface area contributed by atoms with Crippen molar-refractivity contribution in [1.82, 2.24) is 4.98 Å². The van der Waals surface area contributed by atoms with E-state index in [1.165, 1.54) is 0 Å². The van der Waals surface area contributed by atoms with Gasteiger partial charge in [-0.05, 0) is 25.0 Å². The van der Waals surface area contributed by atoms with Crippen LogP contribution < -0.4 is 0 Å². The topological polar surface area (TPSA) is 61.6 Å². The second-order valence-corrected chi connectivity index (χ2v) is 7.56. The van der Waals surface area contributed by atoms with Gasteiger partial charge in [0.25, 0.3) is 0 Å². The highest BCUT2D eigenvalue weighted by Crippen LogP contribution is 2.27. The van der Waals surface area contributed by atoms with Crippen LogP contribution in [0.5, 0.6) is 0 Å². The van der Waals surface area contributed by atoms with E-state index in [0.29, 0.717) is 17.2 Å². The van der Waals surface area contributed by atoms with Gasteiger partial charge in [0.1, 0.15) is 0 Å². The number of hydrogen-bond donors (Lipinski definition) is 0. The molecule has 1 aromatic heterocycles. The highest BCUT2D eigenvalue weighted by atomic mass is 32.2. The summed E-state index contributed by atoms with van der Waals surface area (Å²) in [7, 11) is 0. The molecule has 1 aliphatic heterocycles. The van der Waals surface area contributed by atoms with Crippen molar-refractivity contribution in [3.63, 3.8) is 0 Å². The van der Waals surface area contributed by atoms with Gasteiger partial charge in [-0.2, -0.15) is 0 Å². The van der Waals surface area contributed by atoms with Gasteiger partial charge in [0.2, 0.25) is 5.89 Å². The molecule has 28 heavy (non-hydrogen) atoms. The molecule has 0 aliphatic carbocycles. The second kappa shape index (κ2) is 9.08. The zero-order valence-electron chi connectivity index (χ0n) is 15.4. The van der Waals surface area contributed by atoms with Crippen LogP contribution in [0, 0.1) is 0 Å². The van der Waals surface area contributed by atoms with Crippen LogP contribution in [0.2, 0.25) is 0 Å². The average Bonchev–Trinajstić information content (AvgIpc) is 3.43. The molecule has 1 fully saturated rings. The van der Waals surface area contributed by atoms with Gasteiger partial charge in [-0.1, -0.05) is 42.5 Å². The lowest BCUT2D eigenvalue weighted by Crippen LogP contribution is -2.10. The SMILES string of the molecule is O=C(OCc1ncc(-c2ccccc2)o1)c1ccccc1SC[C@H]1CCCO1. The number of nitrogens with zero attached hydrogens (tertiary/aromatic N) is 1. The number of oxazole rings is 1. The van der Waals surface area contributed by atoms with E-state index in [1.807, 2.05) is 48.5 Å². The Hall–Kier alpha value is -2.57. The average molecular weight is 395 g/mol. The molecule has 0 bridgehead atoms. The van der Waals surface area contributed by atoms with Crippen LogP contribution >= 0.6 is 11.8 Å². The first kappa shape index (κ1) is 18.8. The molecule has 5 nitrogen and oxygen atoms in total. The number of esters is 1. The lowest BCUT2D eigenvalue weighted by molar-refractivity contribution is 0.0434. The van der Waals surface area contributed by atoms with Crippen molar-refractivity contribution in [1.29, 1.82) is 0 Å². The summed E-state index contributed by atoms with van der Waals surface area (Å²) in [6, 6.07) is 17.2. The Labute approximate surface area is 168 Å². The first-order valence-corrected chi connectivity index (χ1v) is 10.3. The van der Waals surface area contributed by atoms with Crippen molar-refractivity contribution < 1.29 is 18.7 Å². The highest BCUT2D eigenvalue weighted by Gasteiger charge is 2.19. The van der Waals surface area contributed by atoms with Crippen LogP contribution in [0.3, 0.4) is 0 Å². The molecule has 6 heteroatoms. The van der Waals surface area contributed by atoms with Crippen molar-refractivity contribution in [3.05, 3.63) is 72.2 Å². The molecule has 144 valence electrons. The molecular formula is C22H21NO4S. The summed E-state index contributed by atoms with van der Waals surface area (Å²) < 4.78 is 16.8. The number of carbonyl (C=O) groups is 1. The number of aromatic nitrogens is 1. The largest absolute Gasteiger partial charge is 0.452 e. The molecule has 2 heterocycles. The molecule has 0 spiro atoms. The summed E-state index contributed by atoms with van der Waals surface area (Å²) in [5.74, 6) is 1.48. The Kier molecular flexibility index (Phi) is 6.09. The monoisotopic (exact) mass is 395 g/mol. The Morgan fingerprint density at radius 2 is 1.96 bits per heavy atom. The molecule has 0 amide bonds. The minimum absolute atomic E-state index is 0.00357. The third-order valence-corrected chi connectivity index (χ3v) is 5.70. The number of carbonyl (C=O) groups excluding carboxylic acids is 1. The molecule has 1 atom stereocenters. The van der Waals surface area contributed by atoms with E-state index in [4.69, 9.17) is 13.9 Å². The Morgan fingerprint density at radius 3 is 2.79 bits per heavy atom. The predicted molar refractivity (Wildman–Crippen MR) is 107 cm³/mol. The summed E-state index contributed by atoms with van der Waals surface area (Å²) in [6.07, 6.45) is 4.09. The van der Waals surface area contributed by atoms with Crippen molar-refractivity contribution in [3.8, 4) is 11.3 Å². The van der Waals surface area contributed by atoms with Gasteiger partial charge < -0.3 is 13.9 Å². The number of benzene rings is 2. The van der Waals surface area contributed by atoms with E-state index in [9.17, 15) is 4.79 Å². The molecular weight excluding hydrogens is 374 g/mol. The van der Waals surface area contributed by atoms with Gasteiger partial charge in [0, 0.05) is 22.8 Å². The zero-order chi connectivity index (χ0) is 19.2. The summed E-state index contributed by atoms with van der Waals surface area (Å²) in [5.41, 5.74) is 1.49. The lowest BCUT2D eigenvalue weighted by Gasteiger charge is -2.11. The molecule has 1 aliphatic rings. The minimum atomic E-state index is -0.380. The standard InChI is InChI=1S/C22H21NO4S/c24-22(18-10-4-5-11-20(18)28-15-17-9-6-12-25-17)26-14-21-23-13-19(27-21)16-7-2-1-3-8-16/h1-5,7-8,10-11,13,17H,6,9,12,14-15H2/t17-/m1/s1. The van der Waals surface area contributed by atoms with E-state index in [2.05, 4.69) is 4.98 Å². The van der Waals surface area contributed by atoms with Gasteiger partial charge in [-0.25, -0.2) is 9.78 Å². The van der Waals surface area contributed by atoms with Crippen LogP contribution in [-0.2, 0) is 16.1 Å². The number of hydrogen-bond acceptors (Lipinski definition) is 6. The van der Waals surface area contributed by atoms with Gasteiger partial charge in [-0.15, -0.1) is 11.8 Å². The van der Waals surface area contributed by atoms with E-state index >= 15 is 0 Å². The van der Waals surface area contributed by atoms with Gasteiger partial charge in [0.15, 0.2) is 12.4 Å². The minimum Gasteiger partial charge on any atom is -0.452 e. The van der Waals surface area contributed by atoms with Gasteiger partial charge in [-0.3, -0.25) is 0 Å². The smallest absolute Gasteiger partial charge is 0.339 e. The van der Waals surface area contributed by atoms with Crippen LogP contribution in [0.25, 0.3) is 11.3 Å². The normalized spacial score (nSPS) is 16.2. The molecule has 4 rings (SSSR count). The predicted octanol–water partition coefficient (Wildman–Crippen LogP) is 4.97. The van der Waals surface area contributed by atoms with Gasteiger partial charge in [0.05, 0.1) is 17.9 Å². The maximum absolute atomic E-state index is 12.6. The van der Waals surface area contributed by atoms with E-state index < -0.39 is 0 Å². The second-order valence-electron chi connectivity index (χ2n) is 6.50. The van der Waals surface area contributed by atoms with Crippen LogP contribution in [0.4, 0.5) is 0 Å².